The van der Waals surface area contributed by atoms with Gasteiger partial charge in [0.2, 0.25) is 10.0 Å². The molecule has 0 atom stereocenters. The molecule has 8 heteroatoms. The van der Waals surface area contributed by atoms with Crippen molar-refractivity contribution in [3.63, 3.8) is 0 Å². The van der Waals surface area contributed by atoms with Crippen LogP contribution >= 0.6 is 0 Å². The number of anilines is 1. The number of nitrogens with two attached hydrogens (primary N) is 1. The third-order valence-corrected chi connectivity index (χ3v) is 4.72. The highest BCUT2D eigenvalue weighted by atomic mass is 32.2. The zero-order valence-corrected chi connectivity index (χ0v) is 13.1. The van der Waals surface area contributed by atoms with Crippen LogP contribution < -0.4 is 10.5 Å². The van der Waals surface area contributed by atoms with Gasteiger partial charge in [-0.05, 0) is 19.1 Å². The minimum absolute atomic E-state index is 0.0136. The number of hydrogen-bond donors (Lipinski definition) is 1. The molecular formula is C13H20N2O5S. The SMILES string of the molecule is CCOC(=O)CN(CC)S(=O)(=O)c1ccc(N)c(OC)c1. The number of hydrogen-bond acceptors (Lipinski definition) is 6. The molecule has 1 aromatic rings. The molecule has 1 aromatic carbocycles. The summed E-state index contributed by atoms with van der Waals surface area (Å²) in [7, 11) is -2.42. The number of esters is 1. The van der Waals surface area contributed by atoms with Crippen LogP contribution in [0.4, 0.5) is 5.69 Å². The van der Waals surface area contributed by atoms with E-state index in [0.29, 0.717) is 5.69 Å². The minimum Gasteiger partial charge on any atom is -0.495 e. The van der Waals surface area contributed by atoms with E-state index in [4.69, 9.17) is 15.2 Å². The fourth-order valence-corrected chi connectivity index (χ4v) is 3.13. The van der Waals surface area contributed by atoms with Crippen molar-refractivity contribution in [1.29, 1.82) is 0 Å². The summed E-state index contributed by atoms with van der Waals surface area (Å²) in [5.41, 5.74) is 6.00. The number of benzene rings is 1. The molecule has 21 heavy (non-hydrogen) atoms. The lowest BCUT2D eigenvalue weighted by Gasteiger charge is -2.20. The summed E-state index contributed by atoms with van der Waals surface area (Å²) >= 11 is 0. The number of rotatable bonds is 7. The maximum Gasteiger partial charge on any atom is 0.321 e. The summed E-state index contributed by atoms with van der Waals surface area (Å²) in [4.78, 5) is 11.5. The molecule has 0 saturated carbocycles. The minimum atomic E-state index is -3.82. The van der Waals surface area contributed by atoms with Crippen LogP contribution in [-0.4, -0.2) is 45.5 Å². The highest BCUT2D eigenvalue weighted by Crippen LogP contribution is 2.26. The molecule has 0 aliphatic carbocycles. The highest BCUT2D eigenvalue weighted by Gasteiger charge is 2.26. The Balaban J connectivity index is 3.09. The molecular weight excluding hydrogens is 296 g/mol. The molecule has 0 amide bonds. The smallest absolute Gasteiger partial charge is 0.321 e. The molecule has 0 bridgehead atoms. The van der Waals surface area contributed by atoms with E-state index in [1.165, 1.54) is 25.3 Å². The molecule has 0 aliphatic heterocycles. The number of nitrogens with zero attached hydrogens (tertiary/aromatic N) is 1. The van der Waals surface area contributed by atoms with Gasteiger partial charge >= 0.3 is 5.97 Å². The second-order valence-corrected chi connectivity index (χ2v) is 6.08. The van der Waals surface area contributed by atoms with Crippen LogP contribution in [0.1, 0.15) is 13.8 Å². The van der Waals surface area contributed by atoms with Gasteiger partial charge in [0.1, 0.15) is 12.3 Å². The standard InChI is InChI=1S/C13H20N2O5S/c1-4-15(9-13(16)20-5-2)21(17,18)10-6-7-11(14)12(8-10)19-3/h6-8H,4-5,9,14H2,1-3H3. The van der Waals surface area contributed by atoms with Crippen molar-refractivity contribution in [2.75, 3.05) is 32.5 Å². The van der Waals surface area contributed by atoms with Gasteiger partial charge in [0.05, 0.1) is 24.3 Å². The Morgan fingerprint density at radius 2 is 2.00 bits per heavy atom. The van der Waals surface area contributed by atoms with Gasteiger partial charge in [-0.3, -0.25) is 4.79 Å². The maximum atomic E-state index is 12.5. The summed E-state index contributed by atoms with van der Waals surface area (Å²) in [5.74, 6) is -0.325. The zero-order chi connectivity index (χ0) is 16.0. The molecule has 0 fully saturated rings. The largest absolute Gasteiger partial charge is 0.495 e. The molecule has 1 rings (SSSR count). The van der Waals surface area contributed by atoms with E-state index < -0.39 is 16.0 Å². The van der Waals surface area contributed by atoms with E-state index in [1.54, 1.807) is 13.8 Å². The average Bonchev–Trinajstić information content (AvgIpc) is 2.45. The van der Waals surface area contributed by atoms with Crippen molar-refractivity contribution in [2.45, 2.75) is 18.7 Å². The van der Waals surface area contributed by atoms with Crippen LogP contribution in [0.3, 0.4) is 0 Å². The lowest BCUT2D eigenvalue weighted by atomic mass is 10.3. The fraction of sp³-hybridized carbons (Fsp3) is 0.462. The molecule has 118 valence electrons. The third-order valence-electron chi connectivity index (χ3n) is 2.81. The quantitative estimate of drug-likeness (QED) is 0.591. The number of ether oxygens (including phenoxy) is 2. The second-order valence-electron chi connectivity index (χ2n) is 4.14. The first kappa shape index (κ1) is 17.3. The molecule has 0 heterocycles. The number of carbonyl (C=O) groups excluding carboxylic acids is 1. The van der Waals surface area contributed by atoms with Gasteiger partial charge in [-0.1, -0.05) is 6.92 Å². The summed E-state index contributed by atoms with van der Waals surface area (Å²) < 4.78 is 35.8. The Kier molecular flexibility index (Phi) is 5.98. The van der Waals surface area contributed by atoms with Gasteiger partial charge in [-0.2, -0.15) is 4.31 Å². The maximum absolute atomic E-state index is 12.5. The highest BCUT2D eigenvalue weighted by molar-refractivity contribution is 7.89. The number of methoxy groups -OCH3 is 1. The average molecular weight is 316 g/mol. The van der Waals surface area contributed by atoms with Gasteiger partial charge in [0, 0.05) is 12.6 Å². The Morgan fingerprint density at radius 1 is 1.33 bits per heavy atom. The number of nitrogen functional groups attached to an aromatic ring is 1. The normalized spacial score (nSPS) is 11.4. The monoisotopic (exact) mass is 316 g/mol. The Labute approximate surface area is 124 Å². The summed E-state index contributed by atoms with van der Waals surface area (Å²) in [6.45, 7) is 3.32. The Morgan fingerprint density at radius 3 is 2.52 bits per heavy atom. The van der Waals surface area contributed by atoms with E-state index in [9.17, 15) is 13.2 Å². The topological polar surface area (TPSA) is 98.9 Å². The van der Waals surface area contributed by atoms with Crippen LogP contribution in [0, 0.1) is 0 Å². The van der Waals surface area contributed by atoms with Crippen molar-refractivity contribution in [1.82, 2.24) is 4.31 Å². The van der Waals surface area contributed by atoms with Crippen LogP contribution in [0.25, 0.3) is 0 Å². The van der Waals surface area contributed by atoms with Crippen molar-refractivity contribution in [3.05, 3.63) is 18.2 Å². The van der Waals surface area contributed by atoms with Gasteiger partial charge in [-0.15, -0.1) is 0 Å². The number of carbonyl (C=O) groups is 1. The van der Waals surface area contributed by atoms with Gasteiger partial charge in [0.25, 0.3) is 0 Å². The predicted octanol–water partition coefficient (Wildman–Crippen LogP) is 0.851. The van der Waals surface area contributed by atoms with E-state index >= 15 is 0 Å². The van der Waals surface area contributed by atoms with Crippen LogP contribution in [0.5, 0.6) is 5.75 Å². The van der Waals surface area contributed by atoms with Crippen molar-refractivity contribution in [3.8, 4) is 5.75 Å². The fourth-order valence-electron chi connectivity index (χ4n) is 1.72. The molecule has 0 spiro atoms. The van der Waals surface area contributed by atoms with E-state index in [-0.39, 0.29) is 30.3 Å². The predicted molar refractivity (Wildman–Crippen MR) is 78.5 cm³/mol. The van der Waals surface area contributed by atoms with Crippen LogP contribution in [0.15, 0.2) is 23.1 Å². The Bertz CT molecular complexity index is 601. The summed E-state index contributed by atoms with van der Waals surface area (Å²) in [6, 6.07) is 4.16. The first-order chi connectivity index (χ1) is 9.86. The number of likely N-dealkylation sites (N-methyl/N-ethyl adjacent to an activating group) is 1. The number of sulfonamides is 1. The van der Waals surface area contributed by atoms with Crippen molar-refractivity contribution in [2.24, 2.45) is 0 Å². The van der Waals surface area contributed by atoms with Crippen LogP contribution in [0.2, 0.25) is 0 Å². The molecule has 0 aliphatic rings. The van der Waals surface area contributed by atoms with Gasteiger partial charge in [-0.25, -0.2) is 8.42 Å². The molecule has 0 unspecified atom stereocenters. The first-order valence-corrected chi connectivity index (χ1v) is 7.90. The van der Waals surface area contributed by atoms with Gasteiger partial charge in [0.15, 0.2) is 0 Å². The zero-order valence-electron chi connectivity index (χ0n) is 12.3. The summed E-state index contributed by atoms with van der Waals surface area (Å²) in [5, 5.41) is 0. The van der Waals surface area contributed by atoms with E-state index in [2.05, 4.69) is 0 Å². The third kappa shape index (κ3) is 4.08. The Hall–Kier alpha value is -1.80. The van der Waals surface area contributed by atoms with E-state index in [0.717, 1.165) is 4.31 Å². The molecule has 0 aromatic heterocycles. The molecule has 7 nitrogen and oxygen atoms in total. The van der Waals surface area contributed by atoms with Gasteiger partial charge < -0.3 is 15.2 Å². The first-order valence-electron chi connectivity index (χ1n) is 6.46. The lowest BCUT2D eigenvalue weighted by Crippen LogP contribution is -2.36. The van der Waals surface area contributed by atoms with Crippen LogP contribution in [-0.2, 0) is 19.6 Å². The van der Waals surface area contributed by atoms with E-state index in [1.807, 2.05) is 0 Å². The second kappa shape index (κ2) is 7.28. The molecule has 2 N–H and O–H groups in total. The van der Waals surface area contributed by atoms with Crippen molar-refractivity contribution >= 4 is 21.7 Å². The van der Waals surface area contributed by atoms with Crippen molar-refractivity contribution < 1.29 is 22.7 Å². The lowest BCUT2D eigenvalue weighted by molar-refractivity contribution is -0.143. The summed E-state index contributed by atoms with van der Waals surface area (Å²) in [6.07, 6.45) is 0. The molecule has 0 saturated heterocycles. The molecule has 0 radical (unpaired) electrons.